The van der Waals surface area contributed by atoms with E-state index in [0.29, 0.717) is 4.58 Å². The third-order valence-corrected chi connectivity index (χ3v) is 5.27. The first-order valence-corrected chi connectivity index (χ1v) is 6.89. The van der Waals surface area contributed by atoms with Crippen LogP contribution in [0.3, 0.4) is 0 Å². The van der Waals surface area contributed by atoms with Crippen molar-refractivity contribution in [3.05, 3.63) is 0 Å². The van der Waals surface area contributed by atoms with Gasteiger partial charge in [0.1, 0.15) is 0 Å². The molecule has 0 amide bonds. The van der Waals surface area contributed by atoms with Gasteiger partial charge >= 0.3 is 0 Å². The molecule has 0 aromatic carbocycles. The van der Waals surface area contributed by atoms with Gasteiger partial charge in [-0.15, -0.1) is 23.5 Å². The minimum atomic E-state index is -0.290. The first-order valence-electron chi connectivity index (χ1n) is 4.80. The van der Waals surface area contributed by atoms with Crippen LogP contribution in [0, 0.1) is 0 Å². The van der Waals surface area contributed by atoms with Crippen LogP contribution in [0.2, 0.25) is 0 Å². The van der Waals surface area contributed by atoms with E-state index in [1.54, 1.807) is 0 Å². The summed E-state index contributed by atoms with van der Waals surface area (Å²) in [5.41, 5.74) is 0. The number of ether oxygens (including phenoxy) is 2. The fraction of sp³-hybridized carbons (Fsp3) is 1.00. The van der Waals surface area contributed by atoms with Gasteiger partial charge in [-0.2, -0.15) is 0 Å². The maximum atomic E-state index is 5.59. The molecule has 2 saturated heterocycles. The van der Waals surface area contributed by atoms with Crippen LogP contribution in [0.5, 0.6) is 0 Å². The van der Waals surface area contributed by atoms with Crippen LogP contribution in [-0.4, -0.2) is 35.1 Å². The average Bonchev–Trinajstić information content (AvgIpc) is 2.54. The van der Waals surface area contributed by atoms with Gasteiger partial charge in [-0.3, -0.25) is 0 Å². The quantitative estimate of drug-likeness (QED) is 0.710. The molecule has 0 aromatic heterocycles. The van der Waals surface area contributed by atoms with Crippen molar-refractivity contribution in [2.45, 2.75) is 30.1 Å². The van der Waals surface area contributed by atoms with Crippen molar-refractivity contribution >= 4 is 23.5 Å². The summed E-state index contributed by atoms with van der Waals surface area (Å²) in [6, 6.07) is 0. The summed E-state index contributed by atoms with van der Waals surface area (Å²) in [4.78, 5) is 0. The zero-order valence-corrected chi connectivity index (χ0v) is 9.59. The highest BCUT2D eigenvalue weighted by atomic mass is 32.2. The molecule has 0 bridgehead atoms. The molecule has 0 aromatic rings. The van der Waals surface area contributed by atoms with Gasteiger partial charge in [-0.05, 0) is 24.9 Å². The van der Waals surface area contributed by atoms with Crippen LogP contribution in [0.25, 0.3) is 0 Å². The molecule has 0 aliphatic carbocycles. The van der Waals surface area contributed by atoms with Crippen molar-refractivity contribution < 1.29 is 9.47 Å². The molecule has 0 atom stereocenters. The molecule has 76 valence electrons. The summed E-state index contributed by atoms with van der Waals surface area (Å²) in [7, 11) is 0. The molecule has 0 radical (unpaired) electrons. The molecule has 2 nitrogen and oxygen atoms in total. The Bertz CT molecular complexity index is 163. The Morgan fingerprint density at radius 1 is 1.23 bits per heavy atom. The lowest BCUT2D eigenvalue weighted by molar-refractivity contribution is -0.143. The molecule has 2 fully saturated rings. The molecular formula is C9H16O2S2. The van der Waals surface area contributed by atoms with Crippen molar-refractivity contribution in [1.29, 1.82) is 0 Å². The average molecular weight is 220 g/mol. The van der Waals surface area contributed by atoms with Gasteiger partial charge < -0.3 is 9.47 Å². The van der Waals surface area contributed by atoms with Crippen molar-refractivity contribution in [1.82, 2.24) is 0 Å². The van der Waals surface area contributed by atoms with Gasteiger partial charge in [0.05, 0.1) is 17.8 Å². The molecule has 0 N–H and O–H groups in total. The lowest BCUT2D eigenvalue weighted by Gasteiger charge is -2.29. The summed E-state index contributed by atoms with van der Waals surface area (Å²) in [6.45, 7) is 3.59. The van der Waals surface area contributed by atoms with E-state index in [1.807, 2.05) is 0 Å². The van der Waals surface area contributed by atoms with Crippen LogP contribution in [0.1, 0.15) is 19.8 Å². The lowest BCUT2D eigenvalue weighted by atomic mass is 10.2. The fourth-order valence-electron chi connectivity index (χ4n) is 1.63. The van der Waals surface area contributed by atoms with E-state index < -0.39 is 0 Å². The van der Waals surface area contributed by atoms with Crippen LogP contribution in [-0.2, 0) is 9.47 Å². The first-order chi connectivity index (χ1) is 6.29. The van der Waals surface area contributed by atoms with Crippen LogP contribution in [0.15, 0.2) is 0 Å². The second kappa shape index (κ2) is 4.43. The van der Waals surface area contributed by atoms with Gasteiger partial charge in [-0.1, -0.05) is 0 Å². The Hall–Kier alpha value is 0.620. The van der Waals surface area contributed by atoms with E-state index in [9.17, 15) is 0 Å². The summed E-state index contributed by atoms with van der Waals surface area (Å²) < 4.78 is 11.9. The summed E-state index contributed by atoms with van der Waals surface area (Å²) >= 11 is 4.10. The number of hydrogen-bond acceptors (Lipinski definition) is 4. The molecule has 2 aliphatic heterocycles. The maximum absolute atomic E-state index is 5.59. The van der Waals surface area contributed by atoms with Crippen molar-refractivity contribution in [2.24, 2.45) is 0 Å². The highest BCUT2D eigenvalue weighted by Gasteiger charge is 2.34. The third-order valence-electron chi connectivity index (χ3n) is 2.33. The Balaban J connectivity index is 1.81. The van der Waals surface area contributed by atoms with E-state index in [2.05, 4.69) is 30.4 Å². The van der Waals surface area contributed by atoms with Crippen molar-refractivity contribution in [3.8, 4) is 0 Å². The predicted octanol–water partition coefficient (Wildman–Crippen LogP) is 2.34. The van der Waals surface area contributed by atoms with Gasteiger partial charge in [-0.25, -0.2) is 0 Å². The smallest absolute Gasteiger partial charge is 0.167 e. The highest BCUT2D eigenvalue weighted by Crippen LogP contribution is 2.38. The molecule has 13 heavy (non-hydrogen) atoms. The number of thioether (sulfide) groups is 2. The first kappa shape index (κ1) is 10.1. The molecular weight excluding hydrogens is 204 g/mol. The standard InChI is InChI=1S/C9H16O2S2/c1-9(10-3-4-11-9)7-8-12-5-2-6-13-8/h8H,2-7H2,1H3. The second-order valence-corrected chi connectivity index (χ2v) is 6.48. The molecule has 2 heterocycles. The third kappa shape index (κ3) is 2.78. The summed E-state index contributed by atoms with van der Waals surface area (Å²) in [5, 5.41) is 0. The largest absolute Gasteiger partial charge is 0.348 e. The van der Waals surface area contributed by atoms with Gasteiger partial charge in [0.15, 0.2) is 5.79 Å². The van der Waals surface area contributed by atoms with Crippen LogP contribution in [0.4, 0.5) is 0 Å². The zero-order valence-electron chi connectivity index (χ0n) is 7.95. The molecule has 0 unspecified atom stereocenters. The number of rotatable bonds is 2. The Morgan fingerprint density at radius 2 is 1.85 bits per heavy atom. The minimum Gasteiger partial charge on any atom is -0.348 e. The molecule has 0 spiro atoms. The molecule has 2 rings (SSSR count). The Labute approximate surface area is 88.1 Å². The van der Waals surface area contributed by atoms with E-state index in [1.165, 1.54) is 17.9 Å². The monoisotopic (exact) mass is 220 g/mol. The molecule has 2 aliphatic rings. The lowest BCUT2D eigenvalue weighted by Crippen LogP contribution is -2.30. The second-order valence-electron chi connectivity index (χ2n) is 3.56. The topological polar surface area (TPSA) is 18.5 Å². The molecule has 4 heteroatoms. The van der Waals surface area contributed by atoms with E-state index in [4.69, 9.17) is 9.47 Å². The minimum absolute atomic E-state index is 0.290. The Morgan fingerprint density at radius 3 is 2.46 bits per heavy atom. The fourth-order valence-corrected chi connectivity index (χ4v) is 4.77. The summed E-state index contributed by atoms with van der Waals surface area (Å²) in [6.07, 6.45) is 2.38. The van der Waals surface area contributed by atoms with E-state index in [0.717, 1.165) is 19.6 Å². The predicted molar refractivity (Wildman–Crippen MR) is 58.2 cm³/mol. The zero-order chi connectivity index (χ0) is 9.15. The summed E-state index contributed by atoms with van der Waals surface area (Å²) in [5.74, 6) is 2.31. The van der Waals surface area contributed by atoms with Gasteiger partial charge in [0, 0.05) is 6.42 Å². The van der Waals surface area contributed by atoms with Crippen LogP contribution >= 0.6 is 23.5 Å². The maximum Gasteiger partial charge on any atom is 0.167 e. The van der Waals surface area contributed by atoms with Crippen LogP contribution < -0.4 is 0 Å². The van der Waals surface area contributed by atoms with Gasteiger partial charge in [0.2, 0.25) is 0 Å². The highest BCUT2D eigenvalue weighted by molar-refractivity contribution is 8.17. The molecule has 0 saturated carbocycles. The van der Waals surface area contributed by atoms with Crippen molar-refractivity contribution in [3.63, 3.8) is 0 Å². The normalized spacial score (nSPS) is 29.3. The SMILES string of the molecule is CC1(CC2SCCCS2)OCCO1. The van der Waals surface area contributed by atoms with Crippen molar-refractivity contribution in [2.75, 3.05) is 24.7 Å². The van der Waals surface area contributed by atoms with E-state index in [-0.39, 0.29) is 5.79 Å². The number of hydrogen-bond donors (Lipinski definition) is 0. The van der Waals surface area contributed by atoms with Gasteiger partial charge in [0.25, 0.3) is 0 Å². The van der Waals surface area contributed by atoms with E-state index >= 15 is 0 Å². The Kier molecular flexibility index (Phi) is 3.46.